The fourth-order valence-electron chi connectivity index (χ4n) is 4.92. The van der Waals surface area contributed by atoms with E-state index in [2.05, 4.69) is 58.8 Å². The zero-order chi connectivity index (χ0) is 24.2. The molecule has 1 unspecified atom stereocenters. The molecule has 0 saturated carbocycles. The van der Waals surface area contributed by atoms with Crippen LogP contribution in [0.25, 0.3) is 16.9 Å². The Morgan fingerprint density at radius 1 is 1.00 bits per heavy atom. The van der Waals surface area contributed by atoms with Gasteiger partial charge in [-0.1, -0.05) is 47.5 Å². The molecule has 5 rings (SSSR count). The Kier molecular flexibility index (Phi) is 7.27. The van der Waals surface area contributed by atoms with Crippen LogP contribution >= 0.6 is 0 Å². The van der Waals surface area contributed by atoms with Crippen LogP contribution in [0.15, 0.2) is 54.7 Å². The fourth-order valence-corrected chi connectivity index (χ4v) is 4.92. The molecule has 2 fully saturated rings. The van der Waals surface area contributed by atoms with Gasteiger partial charge in [0.05, 0.1) is 11.3 Å². The Bertz CT molecular complexity index is 1120. The summed E-state index contributed by atoms with van der Waals surface area (Å²) in [7, 11) is 0. The molecule has 1 aromatic heterocycles. The number of aromatic nitrogens is 2. The number of hydrogen-bond acceptors (Lipinski definition) is 5. The monoisotopic (exact) mass is 472 g/mol. The van der Waals surface area contributed by atoms with Crippen molar-refractivity contribution in [2.45, 2.75) is 39.2 Å². The first kappa shape index (κ1) is 23.7. The van der Waals surface area contributed by atoms with Gasteiger partial charge in [0.15, 0.2) is 0 Å². The minimum atomic E-state index is -0.109. The third-order valence-corrected chi connectivity index (χ3v) is 7.17. The summed E-state index contributed by atoms with van der Waals surface area (Å²) in [6.07, 6.45) is 5.66. The molecule has 2 aromatic carbocycles. The van der Waals surface area contributed by atoms with E-state index in [1.807, 2.05) is 30.5 Å². The van der Waals surface area contributed by atoms with Crippen LogP contribution in [0.2, 0.25) is 0 Å². The summed E-state index contributed by atoms with van der Waals surface area (Å²) in [5.41, 5.74) is 8.69. The van der Waals surface area contributed by atoms with Gasteiger partial charge in [-0.3, -0.25) is 10.2 Å². The summed E-state index contributed by atoms with van der Waals surface area (Å²) in [5, 5.41) is 10.5. The van der Waals surface area contributed by atoms with Crippen LogP contribution in [0.4, 0.5) is 0 Å². The van der Waals surface area contributed by atoms with Gasteiger partial charge in [-0.25, -0.2) is 9.69 Å². The minimum absolute atomic E-state index is 0.109. The zero-order valence-corrected chi connectivity index (χ0v) is 20.8. The lowest BCUT2D eigenvalue weighted by molar-refractivity contribution is 0.0614. The van der Waals surface area contributed by atoms with E-state index in [-0.39, 0.29) is 5.91 Å². The molecule has 7 heteroatoms. The van der Waals surface area contributed by atoms with Crippen molar-refractivity contribution in [1.29, 1.82) is 0 Å². The van der Waals surface area contributed by atoms with Crippen LogP contribution in [0.5, 0.6) is 0 Å². The predicted octanol–water partition coefficient (Wildman–Crippen LogP) is 3.56. The number of amides is 1. The summed E-state index contributed by atoms with van der Waals surface area (Å²) < 4.78 is 1.80. The van der Waals surface area contributed by atoms with Crippen LogP contribution in [0.3, 0.4) is 0 Å². The van der Waals surface area contributed by atoms with Crippen LogP contribution in [0, 0.1) is 13.8 Å². The lowest BCUT2D eigenvalue weighted by atomic mass is 10.1. The van der Waals surface area contributed by atoms with Crippen molar-refractivity contribution >= 4 is 5.91 Å². The van der Waals surface area contributed by atoms with Gasteiger partial charge in [0.2, 0.25) is 0 Å². The molecule has 2 aliphatic heterocycles. The van der Waals surface area contributed by atoms with E-state index in [1.54, 1.807) is 4.68 Å². The molecule has 2 aliphatic rings. The standard InChI is InChI=1S/C28H36N6O/c1-21-5-9-23(10-6-21)27-26(20-34(30-27)25-11-7-22(2)8-12-25)28(35)31-33-18-16-32(17-19-33)15-13-24-4-3-14-29-24/h5-12,20,24,29H,3-4,13-19H2,1-2H3,(H,31,35). The van der Waals surface area contributed by atoms with Crippen molar-refractivity contribution in [2.24, 2.45) is 0 Å². The molecule has 184 valence electrons. The summed E-state index contributed by atoms with van der Waals surface area (Å²) in [6, 6.07) is 17.0. The molecule has 0 bridgehead atoms. The van der Waals surface area contributed by atoms with E-state index in [4.69, 9.17) is 5.10 Å². The number of hydrogen-bond donors (Lipinski definition) is 2. The van der Waals surface area contributed by atoms with Gasteiger partial charge in [-0.15, -0.1) is 0 Å². The first-order chi connectivity index (χ1) is 17.0. The summed E-state index contributed by atoms with van der Waals surface area (Å²) in [5.74, 6) is -0.109. The highest BCUT2D eigenvalue weighted by Gasteiger charge is 2.24. The summed E-state index contributed by atoms with van der Waals surface area (Å²) in [4.78, 5) is 15.9. The topological polar surface area (TPSA) is 65.4 Å². The molecule has 0 spiro atoms. The molecule has 1 amide bonds. The van der Waals surface area contributed by atoms with E-state index in [0.717, 1.165) is 50.5 Å². The average molecular weight is 473 g/mol. The van der Waals surface area contributed by atoms with E-state index in [0.29, 0.717) is 17.3 Å². The molecule has 1 atom stereocenters. The largest absolute Gasteiger partial charge is 0.314 e. The molecule has 2 N–H and O–H groups in total. The lowest BCUT2D eigenvalue weighted by Crippen LogP contribution is -2.53. The highest BCUT2D eigenvalue weighted by Crippen LogP contribution is 2.24. The number of nitrogens with zero attached hydrogens (tertiary/aromatic N) is 4. The van der Waals surface area contributed by atoms with E-state index in [1.165, 1.54) is 30.4 Å². The van der Waals surface area contributed by atoms with Crippen molar-refractivity contribution in [2.75, 3.05) is 39.3 Å². The van der Waals surface area contributed by atoms with Crippen molar-refractivity contribution in [3.8, 4) is 16.9 Å². The van der Waals surface area contributed by atoms with Crippen molar-refractivity contribution < 1.29 is 4.79 Å². The number of hydrazine groups is 1. The fraction of sp³-hybridized carbons (Fsp3) is 0.429. The van der Waals surface area contributed by atoms with Gasteiger partial charge < -0.3 is 10.2 Å². The Morgan fingerprint density at radius 2 is 1.69 bits per heavy atom. The number of benzene rings is 2. The smallest absolute Gasteiger partial charge is 0.269 e. The average Bonchev–Trinajstić information content (AvgIpc) is 3.55. The predicted molar refractivity (Wildman–Crippen MR) is 140 cm³/mol. The summed E-state index contributed by atoms with van der Waals surface area (Å²) >= 11 is 0. The first-order valence-corrected chi connectivity index (χ1v) is 12.8. The molecule has 0 aliphatic carbocycles. The second-order valence-electron chi connectivity index (χ2n) is 9.89. The maximum absolute atomic E-state index is 13.4. The molecular formula is C28H36N6O. The van der Waals surface area contributed by atoms with Crippen LogP contribution in [0.1, 0.15) is 40.7 Å². The van der Waals surface area contributed by atoms with Gasteiger partial charge >= 0.3 is 0 Å². The molecule has 35 heavy (non-hydrogen) atoms. The van der Waals surface area contributed by atoms with Crippen LogP contribution < -0.4 is 10.7 Å². The maximum atomic E-state index is 13.4. The third kappa shape index (κ3) is 5.81. The van der Waals surface area contributed by atoms with Crippen molar-refractivity contribution in [3.63, 3.8) is 0 Å². The zero-order valence-electron chi connectivity index (χ0n) is 20.8. The van der Waals surface area contributed by atoms with E-state index < -0.39 is 0 Å². The second-order valence-corrected chi connectivity index (χ2v) is 9.89. The normalized spacial score (nSPS) is 19.2. The molecule has 0 radical (unpaired) electrons. The Labute approximate surface area is 208 Å². The summed E-state index contributed by atoms with van der Waals surface area (Å²) in [6.45, 7) is 10.0. The number of carbonyl (C=O) groups is 1. The van der Waals surface area contributed by atoms with Gasteiger partial charge in [0.1, 0.15) is 5.69 Å². The first-order valence-electron chi connectivity index (χ1n) is 12.8. The maximum Gasteiger partial charge on any atom is 0.269 e. The second kappa shape index (κ2) is 10.7. The van der Waals surface area contributed by atoms with Gasteiger partial charge in [0.25, 0.3) is 5.91 Å². The Morgan fingerprint density at radius 3 is 2.34 bits per heavy atom. The molecule has 3 heterocycles. The van der Waals surface area contributed by atoms with E-state index >= 15 is 0 Å². The van der Waals surface area contributed by atoms with Crippen molar-refractivity contribution in [3.05, 3.63) is 71.4 Å². The SMILES string of the molecule is Cc1ccc(-c2nn(-c3ccc(C)cc3)cc2C(=O)NN2CCN(CCC3CCCN3)CC2)cc1. The molecule has 7 nitrogen and oxygen atoms in total. The highest BCUT2D eigenvalue weighted by molar-refractivity contribution is 5.99. The number of carbonyl (C=O) groups excluding carboxylic acids is 1. The molecule has 2 saturated heterocycles. The minimum Gasteiger partial charge on any atom is -0.314 e. The van der Waals surface area contributed by atoms with Gasteiger partial charge in [-0.05, 0) is 58.3 Å². The molecule has 3 aromatic rings. The van der Waals surface area contributed by atoms with Crippen LogP contribution in [-0.2, 0) is 0 Å². The lowest BCUT2D eigenvalue weighted by Gasteiger charge is -2.35. The van der Waals surface area contributed by atoms with E-state index in [9.17, 15) is 4.79 Å². The Balaban J connectivity index is 1.27. The highest BCUT2D eigenvalue weighted by atomic mass is 16.2. The Hall–Kier alpha value is -3.00. The quantitative estimate of drug-likeness (QED) is 0.551. The number of aryl methyl sites for hydroxylation is 2. The van der Waals surface area contributed by atoms with Crippen LogP contribution in [-0.4, -0.2) is 70.9 Å². The number of nitrogens with one attached hydrogen (secondary N) is 2. The van der Waals surface area contributed by atoms with Crippen molar-refractivity contribution in [1.82, 2.24) is 30.4 Å². The molecular weight excluding hydrogens is 436 g/mol. The van der Waals surface area contributed by atoms with Gasteiger partial charge in [-0.2, -0.15) is 5.10 Å². The third-order valence-electron chi connectivity index (χ3n) is 7.17. The number of piperazine rings is 1. The number of rotatable bonds is 7. The van der Waals surface area contributed by atoms with Gasteiger partial charge in [0, 0.05) is 44.0 Å².